The first-order chi connectivity index (χ1) is 7.76. The van der Waals surface area contributed by atoms with Crippen molar-refractivity contribution in [2.24, 2.45) is 5.73 Å². The van der Waals surface area contributed by atoms with Crippen molar-refractivity contribution in [1.82, 2.24) is 0 Å². The summed E-state index contributed by atoms with van der Waals surface area (Å²) in [6.07, 6.45) is 4.18. The second-order valence-electron chi connectivity index (χ2n) is 4.30. The van der Waals surface area contributed by atoms with Gasteiger partial charge in [0.25, 0.3) is 0 Å². The summed E-state index contributed by atoms with van der Waals surface area (Å²) in [5.41, 5.74) is 8.62. The van der Waals surface area contributed by atoms with Crippen LogP contribution in [0.25, 0.3) is 0 Å². The fourth-order valence-corrected chi connectivity index (χ4v) is 2.42. The van der Waals surface area contributed by atoms with Crippen LogP contribution in [0.15, 0.2) is 12.1 Å². The second kappa shape index (κ2) is 4.74. The van der Waals surface area contributed by atoms with Crippen molar-refractivity contribution in [3.8, 4) is 11.5 Å². The molecule has 0 fully saturated rings. The number of hydrogen-bond acceptors (Lipinski definition) is 3. The molecule has 0 heterocycles. The SMILES string of the molecule is COc1ccc2c(c1OC)CCC[C@@H](N)C2. The molecule has 0 saturated carbocycles. The lowest BCUT2D eigenvalue weighted by atomic mass is 10.0. The van der Waals surface area contributed by atoms with Crippen molar-refractivity contribution in [2.45, 2.75) is 31.7 Å². The topological polar surface area (TPSA) is 44.5 Å². The molecule has 1 aliphatic rings. The smallest absolute Gasteiger partial charge is 0.164 e. The van der Waals surface area contributed by atoms with Gasteiger partial charge in [0.1, 0.15) is 0 Å². The van der Waals surface area contributed by atoms with Gasteiger partial charge in [-0.25, -0.2) is 0 Å². The normalized spacial score (nSPS) is 19.8. The van der Waals surface area contributed by atoms with Crippen LogP contribution < -0.4 is 15.2 Å². The number of rotatable bonds is 2. The molecule has 0 amide bonds. The van der Waals surface area contributed by atoms with E-state index in [0.29, 0.717) is 0 Å². The molecule has 2 N–H and O–H groups in total. The molecule has 0 aliphatic heterocycles. The van der Waals surface area contributed by atoms with Crippen molar-refractivity contribution in [3.05, 3.63) is 23.3 Å². The molecule has 0 radical (unpaired) electrons. The van der Waals surface area contributed by atoms with Gasteiger partial charge in [0.15, 0.2) is 11.5 Å². The highest BCUT2D eigenvalue weighted by molar-refractivity contribution is 5.51. The molecule has 0 unspecified atom stereocenters. The van der Waals surface area contributed by atoms with Crippen LogP contribution in [-0.2, 0) is 12.8 Å². The molecule has 16 heavy (non-hydrogen) atoms. The van der Waals surface area contributed by atoms with Crippen LogP contribution in [0.2, 0.25) is 0 Å². The van der Waals surface area contributed by atoms with Crippen LogP contribution in [0, 0.1) is 0 Å². The Morgan fingerprint density at radius 3 is 2.75 bits per heavy atom. The van der Waals surface area contributed by atoms with Gasteiger partial charge in [0.05, 0.1) is 14.2 Å². The summed E-state index contributed by atoms with van der Waals surface area (Å²) in [5, 5.41) is 0. The summed E-state index contributed by atoms with van der Waals surface area (Å²) in [6.45, 7) is 0. The lowest BCUT2D eigenvalue weighted by Gasteiger charge is -2.15. The molecule has 0 saturated heterocycles. The number of hydrogen-bond donors (Lipinski definition) is 1. The van der Waals surface area contributed by atoms with Crippen molar-refractivity contribution in [3.63, 3.8) is 0 Å². The molecule has 1 aromatic rings. The Hall–Kier alpha value is -1.22. The van der Waals surface area contributed by atoms with E-state index in [2.05, 4.69) is 6.07 Å². The highest BCUT2D eigenvalue weighted by Crippen LogP contribution is 2.36. The zero-order chi connectivity index (χ0) is 11.5. The van der Waals surface area contributed by atoms with E-state index in [1.807, 2.05) is 6.07 Å². The third kappa shape index (κ3) is 2.00. The van der Waals surface area contributed by atoms with E-state index in [0.717, 1.165) is 37.2 Å². The standard InChI is InChI=1S/C13H19NO2/c1-15-12-7-6-9-8-10(14)4-3-5-11(9)13(12)16-2/h6-7,10H,3-5,8,14H2,1-2H3/t10-/m1/s1. The number of benzene rings is 1. The molecule has 1 aromatic carbocycles. The molecule has 2 rings (SSSR count). The van der Waals surface area contributed by atoms with Gasteiger partial charge in [0.2, 0.25) is 0 Å². The average Bonchev–Trinajstić information content (AvgIpc) is 2.48. The highest BCUT2D eigenvalue weighted by Gasteiger charge is 2.19. The van der Waals surface area contributed by atoms with E-state index >= 15 is 0 Å². The second-order valence-corrected chi connectivity index (χ2v) is 4.30. The number of methoxy groups -OCH3 is 2. The largest absolute Gasteiger partial charge is 0.493 e. The van der Waals surface area contributed by atoms with Crippen LogP contribution in [0.5, 0.6) is 11.5 Å². The average molecular weight is 221 g/mol. The minimum atomic E-state index is 0.277. The molecule has 3 nitrogen and oxygen atoms in total. The molecule has 0 spiro atoms. The van der Waals surface area contributed by atoms with Gasteiger partial charge in [-0.15, -0.1) is 0 Å². The zero-order valence-corrected chi connectivity index (χ0v) is 9.95. The van der Waals surface area contributed by atoms with Gasteiger partial charge < -0.3 is 15.2 Å². The summed E-state index contributed by atoms with van der Waals surface area (Å²) >= 11 is 0. The minimum Gasteiger partial charge on any atom is -0.493 e. The third-order valence-electron chi connectivity index (χ3n) is 3.23. The molecule has 88 valence electrons. The van der Waals surface area contributed by atoms with Gasteiger partial charge in [-0.1, -0.05) is 6.07 Å². The quantitative estimate of drug-likeness (QED) is 0.776. The zero-order valence-electron chi connectivity index (χ0n) is 9.95. The van der Waals surface area contributed by atoms with E-state index in [1.54, 1.807) is 14.2 Å². The van der Waals surface area contributed by atoms with E-state index in [4.69, 9.17) is 15.2 Å². The van der Waals surface area contributed by atoms with Gasteiger partial charge in [-0.05, 0) is 37.3 Å². The lowest BCUT2D eigenvalue weighted by Crippen LogP contribution is -2.21. The summed E-state index contributed by atoms with van der Waals surface area (Å²) in [5.74, 6) is 1.70. The maximum absolute atomic E-state index is 6.04. The van der Waals surface area contributed by atoms with Gasteiger partial charge in [0, 0.05) is 11.6 Å². The summed E-state index contributed by atoms with van der Waals surface area (Å²) in [7, 11) is 3.37. The van der Waals surface area contributed by atoms with Crippen molar-refractivity contribution < 1.29 is 9.47 Å². The molecule has 1 aliphatic carbocycles. The van der Waals surface area contributed by atoms with E-state index in [9.17, 15) is 0 Å². The Kier molecular flexibility index (Phi) is 3.34. The van der Waals surface area contributed by atoms with Crippen LogP contribution in [0.4, 0.5) is 0 Å². The van der Waals surface area contributed by atoms with E-state index < -0.39 is 0 Å². The predicted molar refractivity (Wildman–Crippen MR) is 64.2 cm³/mol. The van der Waals surface area contributed by atoms with E-state index in [-0.39, 0.29) is 6.04 Å². The molecule has 0 bridgehead atoms. The Balaban J connectivity index is 2.46. The van der Waals surface area contributed by atoms with Gasteiger partial charge in [-0.2, -0.15) is 0 Å². The highest BCUT2D eigenvalue weighted by atomic mass is 16.5. The monoisotopic (exact) mass is 221 g/mol. The van der Waals surface area contributed by atoms with Crippen LogP contribution in [-0.4, -0.2) is 20.3 Å². The maximum Gasteiger partial charge on any atom is 0.164 e. The first kappa shape index (κ1) is 11.3. The lowest BCUT2D eigenvalue weighted by molar-refractivity contribution is 0.351. The van der Waals surface area contributed by atoms with Gasteiger partial charge >= 0.3 is 0 Å². The van der Waals surface area contributed by atoms with Gasteiger partial charge in [-0.3, -0.25) is 0 Å². The van der Waals surface area contributed by atoms with Crippen LogP contribution in [0.1, 0.15) is 24.0 Å². The Morgan fingerprint density at radius 1 is 1.25 bits per heavy atom. The fourth-order valence-electron chi connectivity index (χ4n) is 2.42. The first-order valence-electron chi connectivity index (χ1n) is 5.74. The number of fused-ring (bicyclic) bond motifs is 1. The summed E-state index contributed by atoms with van der Waals surface area (Å²) in [4.78, 5) is 0. The molecular weight excluding hydrogens is 202 g/mol. The number of nitrogens with two attached hydrogens (primary N) is 1. The summed E-state index contributed by atoms with van der Waals surface area (Å²) in [6, 6.07) is 4.36. The van der Waals surface area contributed by atoms with Crippen molar-refractivity contribution in [1.29, 1.82) is 0 Å². The minimum absolute atomic E-state index is 0.277. The van der Waals surface area contributed by atoms with E-state index in [1.165, 1.54) is 11.1 Å². The Bertz CT molecular complexity index is 376. The Morgan fingerprint density at radius 2 is 2.06 bits per heavy atom. The molecular formula is C13H19NO2. The molecule has 1 atom stereocenters. The summed E-state index contributed by atoms with van der Waals surface area (Å²) < 4.78 is 10.8. The van der Waals surface area contributed by atoms with Crippen molar-refractivity contribution >= 4 is 0 Å². The predicted octanol–water partition coefficient (Wildman–Crippen LogP) is 1.91. The molecule has 3 heteroatoms. The number of ether oxygens (including phenoxy) is 2. The maximum atomic E-state index is 6.04. The van der Waals surface area contributed by atoms with Crippen LogP contribution >= 0.6 is 0 Å². The molecule has 0 aromatic heterocycles. The third-order valence-corrected chi connectivity index (χ3v) is 3.23. The first-order valence-corrected chi connectivity index (χ1v) is 5.74. The Labute approximate surface area is 96.5 Å². The van der Waals surface area contributed by atoms with Crippen molar-refractivity contribution in [2.75, 3.05) is 14.2 Å². The fraction of sp³-hybridized carbons (Fsp3) is 0.538. The van der Waals surface area contributed by atoms with Crippen LogP contribution in [0.3, 0.4) is 0 Å².